The van der Waals surface area contributed by atoms with Gasteiger partial charge in [0.2, 0.25) is 0 Å². The molecule has 0 aromatic heterocycles. The quantitative estimate of drug-likeness (QED) is 0.772. The van der Waals surface area contributed by atoms with Crippen LogP contribution in [0.15, 0.2) is 47.4 Å². The summed E-state index contributed by atoms with van der Waals surface area (Å²) in [5, 5.41) is 0.466. The Kier molecular flexibility index (Phi) is 5.99. The number of nitrogens with zero attached hydrogens (tertiary/aromatic N) is 1. The molecule has 2 aromatic rings. The molecule has 0 amide bonds. The van der Waals surface area contributed by atoms with Crippen LogP contribution in [0.25, 0.3) is 0 Å². The number of sulfonamides is 1. The number of hydrogen-bond donors (Lipinski definition) is 1. The molecule has 146 valence electrons. The van der Waals surface area contributed by atoms with E-state index in [1.54, 1.807) is 30.3 Å². The average molecular weight is 409 g/mol. The third kappa shape index (κ3) is 4.94. The normalized spacial score (nSPS) is 18.0. The minimum Gasteiger partial charge on any atom is -0.487 e. The molecule has 7 heteroatoms. The summed E-state index contributed by atoms with van der Waals surface area (Å²) in [6, 6.07) is 11.9. The maximum absolute atomic E-state index is 12.7. The van der Waals surface area contributed by atoms with Crippen molar-refractivity contribution in [3.8, 4) is 5.75 Å². The fourth-order valence-electron chi connectivity index (χ4n) is 3.07. The monoisotopic (exact) mass is 408 g/mol. The maximum atomic E-state index is 12.7. The fourth-order valence-corrected chi connectivity index (χ4v) is 4.29. The number of anilines is 1. The standard InChI is InChI=1S/C20H25ClN2O3S/c1-14(2)15-4-7-18(8-5-15)27(24,25)22-16-6-9-19(21)20(12-16)26-17-10-11-23(3)13-17/h4-9,12,14,17,22H,10-11,13H2,1-3H3. The molecule has 0 saturated carbocycles. The van der Waals surface area contributed by atoms with Crippen LogP contribution in [0.3, 0.4) is 0 Å². The summed E-state index contributed by atoms with van der Waals surface area (Å²) in [4.78, 5) is 2.41. The van der Waals surface area contributed by atoms with E-state index in [1.807, 2.05) is 19.2 Å². The van der Waals surface area contributed by atoms with Gasteiger partial charge in [-0.3, -0.25) is 4.72 Å². The number of likely N-dealkylation sites (tertiary alicyclic amines) is 1. The van der Waals surface area contributed by atoms with E-state index in [0.717, 1.165) is 25.1 Å². The Labute approximate surface area is 166 Å². The van der Waals surface area contributed by atoms with Crippen molar-refractivity contribution in [2.75, 3.05) is 24.9 Å². The Morgan fingerprint density at radius 2 is 1.89 bits per heavy atom. The molecule has 1 heterocycles. The average Bonchev–Trinajstić information content (AvgIpc) is 3.02. The number of nitrogens with one attached hydrogen (secondary N) is 1. The molecule has 2 aromatic carbocycles. The van der Waals surface area contributed by atoms with Crippen LogP contribution in [0.1, 0.15) is 31.7 Å². The Morgan fingerprint density at radius 1 is 1.19 bits per heavy atom. The molecule has 1 atom stereocenters. The van der Waals surface area contributed by atoms with Gasteiger partial charge in [0.05, 0.1) is 15.6 Å². The first-order valence-corrected chi connectivity index (χ1v) is 10.9. The fraction of sp³-hybridized carbons (Fsp3) is 0.400. The molecule has 1 aliphatic heterocycles. The van der Waals surface area contributed by atoms with E-state index in [9.17, 15) is 8.42 Å². The lowest BCUT2D eigenvalue weighted by atomic mass is 10.0. The summed E-state index contributed by atoms with van der Waals surface area (Å²) >= 11 is 6.23. The van der Waals surface area contributed by atoms with E-state index in [4.69, 9.17) is 16.3 Å². The predicted molar refractivity (Wildman–Crippen MR) is 109 cm³/mol. The zero-order valence-corrected chi connectivity index (χ0v) is 17.3. The minimum absolute atomic E-state index is 0.0583. The molecule has 1 N–H and O–H groups in total. The van der Waals surface area contributed by atoms with E-state index in [2.05, 4.69) is 23.5 Å². The number of halogens is 1. The third-order valence-electron chi connectivity index (χ3n) is 4.68. The lowest BCUT2D eigenvalue weighted by molar-refractivity contribution is 0.208. The molecular formula is C20H25ClN2O3S. The first-order valence-electron chi connectivity index (χ1n) is 9.02. The summed E-state index contributed by atoms with van der Waals surface area (Å²) in [5.74, 6) is 0.840. The predicted octanol–water partition coefficient (Wildman–Crippen LogP) is 4.35. The molecule has 0 bridgehead atoms. The van der Waals surface area contributed by atoms with Gasteiger partial charge in [0, 0.05) is 19.2 Å². The van der Waals surface area contributed by atoms with Crippen molar-refractivity contribution < 1.29 is 13.2 Å². The first-order chi connectivity index (χ1) is 12.7. The molecule has 27 heavy (non-hydrogen) atoms. The van der Waals surface area contributed by atoms with Gasteiger partial charge in [0.15, 0.2) is 0 Å². The van der Waals surface area contributed by atoms with Crippen molar-refractivity contribution in [3.05, 3.63) is 53.1 Å². The van der Waals surface area contributed by atoms with Gasteiger partial charge >= 0.3 is 0 Å². The highest BCUT2D eigenvalue weighted by Gasteiger charge is 2.22. The van der Waals surface area contributed by atoms with Crippen molar-refractivity contribution in [1.29, 1.82) is 0 Å². The molecule has 1 unspecified atom stereocenters. The SMILES string of the molecule is CC(C)c1ccc(S(=O)(=O)Nc2ccc(Cl)c(OC3CCN(C)C3)c2)cc1. The highest BCUT2D eigenvalue weighted by Crippen LogP contribution is 2.31. The number of benzene rings is 2. The molecule has 3 rings (SSSR count). The van der Waals surface area contributed by atoms with Crippen LogP contribution >= 0.6 is 11.6 Å². The highest BCUT2D eigenvalue weighted by atomic mass is 35.5. The van der Waals surface area contributed by atoms with Crippen molar-refractivity contribution in [1.82, 2.24) is 4.90 Å². The molecule has 1 fully saturated rings. The second-order valence-corrected chi connectivity index (χ2v) is 9.35. The van der Waals surface area contributed by atoms with Gasteiger partial charge in [-0.25, -0.2) is 8.42 Å². The minimum atomic E-state index is -3.68. The van der Waals surface area contributed by atoms with E-state index in [0.29, 0.717) is 22.4 Å². The van der Waals surface area contributed by atoms with Crippen LogP contribution in [0.4, 0.5) is 5.69 Å². The Balaban J connectivity index is 1.77. The molecular weight excluding hydrogens is 384 g/mol. The molecule has 0 spiro atoms. The van der Waals surface area contributed by atoms with E-state index >= 15 is 0 Å². The van der Waals surface area contributed by atoms with Gasteiger partial charge in [-0.1, -0.05) is 37.6 Å². The second-order valence-electron chi connectivity index (χ2n) is 7.27. The zero-order valence-electron chi connectivity index (χ0n) is 15.8. The van der Waals surface area contributed by atoms with Crippen molar-refractivity contribution in [2.45, 2.75) is 37.2 Å². The largest absolute Gasteiger partial charge is 0.487 e. The Morgan fingerprint density at radius 3 is 2.48 bits per heavy atom. The molecule has 0 radical (unpaired) electrons. The summed E-state index contributed by atoms with van der Waals surface area (Å²) in [5.41, 5.74) is 1.52. The number of rotatable bonds is 6. The lowest BCUT2D eigenvalue weighted by Gasteiger charge is -2.16. The van der Waals surface area contributed by atoms with Gasteiger partial charge < -0.3 is 9.64 Å². The van der Waals surface area contributed by atoms with E-state index < -0.39 is 10.0 Å². The van der Waals surface area contributed by atoms with Gasteiger partial charge in [-0.2, -0.15) is 0 Å². The van der Waals surface area contributed by atoms with Crippen LogP contribution in [0.5, 0.6) is 5.75 Å². The van der Waals surface area contributed by atoms with Gasteiger partial charge in [-0.15, -0.1) is 0 Å². The molecule has 1 aliphatic rings. The first kappa shape index (κ1) is 20.0. The maximum Gasteiger partial charge on any atom is 0.261 e. The number of hydrogen-bond acceptors (Lipinski definition) is 4. The summed E-state index contributed by atoms with van der Waals surface area (Å²) in [7, 11) is -1.64. The van der Waals surface area contributed by atoms with Crippen molar-refractivity contribution in [3.63, 3.8) is 0 Å². The molecule has 0 aliphatic carbocycles. The van der Waals surface area contributed by atoms with E-state index in [1.165, 1.54) is 0 Å². The van der Waals surface area contributed by atoms with Gasteiger partial charge in [0.1, 0.15) is 11.9 Å². The van der Waals surface area contributed by atoms with Crippen LogP contribution in [-0.4, -0.2) is 39.6 Å². The summed E-state index contributed by atoms with van der Waals surface area (Å²) in [6.07, 6.45) is 0.980. The summed E-state index contributed by atoms with van der Waals surface area (Å²) < 4.78 is 33.9. The van der Waals surface area contributed by atoms with Crippen LogP contribution in [0.2, 0.25) is 5.02 Å². The lowest BCUT2D eigenvalue weighted by Crippen LogP contribution is -2.21. The topological polar surface area (TPSA) is 58.6 Å². The van der Waals surface area contributed by atoms with Gasteiger partial charge in [-0.05, 0) is 49.2 Å². The zero-order chi connectivity index (χ0) is 19.6. The van der Waals surface area contributed by atoms with Crippen LogP contribution in [0, 0.1) is 0 Å². The molecule has 1 saturated heterocycles. The van der Waals surface area contributed by atoms with Crippen LogP contribution in [-0.2, 0) is 10.0 Å². The smallest absolute Gasteiger partial charge is 0.261 e. The summed E-state index contributed by atoms with van der Waals surface area (Å²) in [6.45, 7) is 5.94. The van der Waals surface area contributed by atoms with Crippen LogP contribution < -0.4 is 9.46 Å². The van der Waals surface area contributed by atoms with E-state index in [-0.39, 0.29) is 11.0 Å². The van der Waals surface area contributed by atoms with Gasteiger partial charge in [0.25, 0.3) is 10.0 Å². The third-order valence-corrected chi connectivity index (χ3v) is 6.39. The highest BCUT2D eigenvalue weighted by molar-refractivity contribution is 7.92. The Hall–Kier alpha value is -1.76. The van der Waals surface area contributed by atoms with Crippen molar-refractivity contribution >= 4 is 27.3 Å². The number of likely N-dealkylation sites (N-methyl/N-ethyl adjacent to an activating group) is 1. The second kappa shape index (κ2) is 8.09. The van der Waals surface area contributed by atoms with Crippen molar-refractivity contribution in [2.24, 2.45) is 0 Å². The molecule has 5 nitrogen and oxygen atoms in total. The Bertz CT molecular complexity index is 898. The number of ether oxygens (including phenoxy) is 1.